The first-order valence-electron chi connectivity index (χ1n) is 3.46. The van der Waals surface area contributed by atoms with Gasteiger partial charge in [-0.2, -0.15) is 0 Å². The van der Waals surface area contributed by atoms with Gasteiger partial charge >= 0.3 is 7.12 Å². The van der Waals surface area contributed by atoms with E-state index in [2.05, 4.69) is 15.9 Å². The third-order valence-corrected chi connectivity index (χ3v) is 2.65. The summed E-state index contributed by atoms with van der Waals surface area (Å²) in [6, 6.07) is 3.28. The van der Waals surface area contributed by atoms with E-state index in [0.29, 0.717) is 10.2 Å². The minimum atomic E-state index is -1.61. The van der Waals surface area contributed by atoms with Gasteiger partial charge in [-0.05, 0) is 12.1 Å². The van der Waals surface area contributed by atoms with Crippen molar-refractivity contribution >= 4 is 40.1 Å². The predicted octanol–water partition coefficient (Wildman–Crippen LogP) is 0.791. The molecule has 0 heterocycles. The zero-order chi connectivity index (χ0) is 10.0. The van der Waals surface area contributed by atoms with Crippen molar-refractivity contribution in [2.75, 3.05) is 7.11 Å². The van der Waals surface area contributed by atoms with E-state index in [1.165, 1.54) is 7.11 Å². The molecule has 1 rings (SSSR count). The van der Waals surface area contributed by atoms with Crippen molar-refractivity contribution in [1.82, 2.24) is 0 Å². The van der Waals surface area contributed by atoms with Crippen LogP contribution in [-0.4, -0.2) is 24.3 Å². The number of hydrogen-bond acceptors (Lipinski definition) is 3. The maximum absolute atomic E-state index is 8.99. The van der Waals surface area contributed by atoms with E-state index >= 15 is 0 Å². The second kappa shape index (κ2) is 4.33. The topological polar surface area (TPSA) is 49.7 Å². The van der Waals surface area contributed by atoms with E-state index in [0.717, 1.165) is 0 Å². The summed E-state index contributed by atoms with van der Waals surface area (Å²) in [6.07, 6.45) is 0. The first-order valence-corrected chi connectivity index (χ1v) is 4.63. The van der Waals surface area contributed by atoms with Crippen LogP contribution in [0.25, 0.3) is 0 Å². The van der Waals surface area contributed by atoms with Crippen molar-refractivity contribution in [1.29, 1.82) is 0 Å². The van der Waals surface area contributed by atoms with Crippen molar-refractivity contribution < 1.29 is 14.8 Å². The molecule has 0 unspecified atom stereocenters. The molecule has 1 aromatic carbocycles. The lowest BCUT2D eigenvalue weighted by Crippen LogP contribution is -2.32. The molecule has 0 saturated carbocycles. The molecule has 70 valence electrons. The van der Waals surface area contributed by atoms with Crippen LogP contribution in [-0.2, 0) is 0 Å². The summed E-state index contributed by atoms with van der Waals surface area (Å²) in [5, 5.41) is 18.2. The highest BCUT2D eigenvalue weighted by molar-refractivity contribution is 9.10. The minimum Gasteiger partial charge on any atom is -0.495 e. The molecule has 0 aliphatic heterocycles. The lowest BCUT2D eigenvalue weighted by atomic mass is 9.80. The van der Waals surface area contributed by atoms with Crippen molar-refractivity contribution in [2.24, 2.45) is 0 Å². The maximum Gasteiger partial charge on any atom is 0.491 e. The summed E-state index contributed by atoms with van der Waals surface area (Å²) >= 11 is 8.99. The molecule has 0 aliphatic carbocycles. The standard InChI is InChI=1S/C7H7BBrClO3/c1-13-5-3-2-4(9)6(7(5)10)8(11)12/h2-3,11-12H,1H3. The van der Waals surface area contributed by atoms with Crippen LogP contribution in [0.15, 0.2) is 16.6 Å². The Morgan fingerprint density at radius 2 is 2.08 bits per heavy atom. The van der Waals surface area contributed by atoms with Gasteiger partial charge in [-0.25, -0.2) is 0 Å². The van der Waals surface area contributed by atoms with E-state index in [4.69, 9.17) is 26.4 Å². The third-order valence-electron chi connectivity index (χ3n) is 1.57. The Balaban J connectivity index is 3.30. The predicted molar refractivity (Wildman–Crippen MR) is 55.5 cm³/mol. The van der Waals surface area contributed by atoms with E-state index < -0.39 is 7.12 Å². The van der Waals surface area contributed by atoms with Crippen molar-refractivity contribution in [3.63, 3.8) is 0 Å². The quantitative estimate of drug-likeness (QED) is 0.777. The molecule has 0 aliphatic rings. The monoisotopic (exact) mass is 264 g/mol. The van der Waals surface area contributed by atoms with Crippen molar-refractivity contribution in [3.8, 4) is 5.75 Å². The molecular weight excluding hydrogens is 258 g/mol. The molecule has 0 amide bonds. The Kier molecular flexibility index (Phi) is 3.61. The Morgan fingerprint density at radius 1 is 1.46 bits per heavy atom. The van der Waals surface area contributed by atoms with E-state index in [-0.39, 0.29) is 10.5 Å². The fourth-order valence-electron chi connectivity index (χ4n) is 0.944. The lowest BCUT2D eigenvalue weighted by Gasteiger charge is -2.09. The highest BCUT2D eigenvalue weighted by Gasteiger charge is 2.21. The Bertz CT molecular complexity index is 319. The second-order valence-corrected chi connectivity index (χ2v) is 3.58. The van der Waals surface area contributed by atoms with Gasteiger partial charge in [0.25, 0.3) is 0 Å². The zero-order valence-electron chi connectivity index (χ0n) is 6.79. The van der Waals surface area contributed by atoms with E-state index in [9.17, 15) is 0 Å². The summed E-state index contributed by atoms with van der Waals surface area (Å²) in [5.74, 6) is 0.410. The molecule has 2 N–H and O–H groups in total. The number of methoxy groups -OCH3 is 1. The molecule has 0 radical (unpaired) electrons. The Morgan fingerprint density at radius 3 is 2.54 bits per heavy atom. The molecule has 0 bridgehead atoms. The lowest BCUT2D eigenvalue weighted by molar-refractivity contribution is 0.412. The average Bonchev–Trinajstić information content (AvgIpc) is 2.04. The van der Waals surface area contributed by atoms with Crippen molar-refractivity contribution in [2.45, 2.75) is 0 Å². The summed E-state index contributed by atoms with van der Waals surface area (Å²) < 4.78 is 5.45. The van der Waals surface area contributed by atoms with Crippen molar-refractivity contribution in [3.05, 3.63) is 21.6 Å². The van der Waals surface area contributed by atoms with Crippen LogP contribution in [0, 0.1) is 0 Å². The number of rotatable bonds is 2. The van der Waals surface area contributed by atoms with Gasteiger partial charge in [-0.1, -0.05) is 27.5 Å². The van der Waals surface area contributed by atoms with Crippen LogP contribution in [0.2, 0.25) is 5.02 Å². The van der Waals surface area contributed by atoms with E-state index in [1.54, 1.807) is 12.1 Å². The second-order valence-electron chi connectivity index (χ2n) is 2.35. The van der Waals surface area contributed by atoms with Gasteiger partial charge in [0.1, 0.15) is 5.75 Å². The fourth-order valence-corrected chi connectivity index (χ4v) is 1.93. The molecule has 0 aromatic heterocycles. The van der Waals surface area contributed by atoms with Gasteiger partial charge in [0.2, 0.25) is 0 Å². The first-order chi connectivity index (χ1) is 6.07. The van der Waals surface area contributed by atoms with E-state index in [1.807, 2.05) is 0 Å². The van der Waals surface area contributed by atoms with Crippen LogP contribution in [0.1, 0.15) is 0 Å². The molecule has 0 spiro atoms. The largest absolute Gasteiger partial charge is 0.495 e. The maximum atomic E-state index is 8.99. The normalized spacial score (nSPS) is 9.92. The summed E-state index contributed by atoms with van der Waals surface area (Å²) in [5.41, 5.74) is 0.209. The summed E-state index contributed by atoms with van der Waals surface area (Å²) in [7, 11) is -0.153. The molecule has 6 heteroatoms. The Hall–Kier alpha value is -0.225. The zero-order valence-corrected chi connectivity index (χ0v) is 9.13. The molecule has 13 heavy (non-hydrogen) atoms. The first kappa shape index (κ1) is 10.9. The van der Waals surface area contributed by atoms with Gasteiger partial charge in [0.15, 0.2) is 0 Å². The highest BCUT2D eigenvalue weighted by Crippen LogP contribution is 2.25. The number of hydrogen-bond donors (Lipinski definition) is 2. The molecule has 0 atom stereocenters. The van der Waals surface area contributed by atoms with Gasteiger partial charge < -0.3 is 14.8 Å². The summed E-state index contributed by atoms with van der Waals surface area (Å²) in [4.78, 5) is 0. The smallest absolute Gasteiger partial charge is 0.491 e. The molecule has 0 fully saturated rings. The van der Waals surface area contributed by atoms with Gasteiger partial charge in [-0.3, -0.25) is 0 Å². The average molecular weight is 265 g/mol. The number of benzene rings is 1. The summed E-state index contributed by atoms with van der Waals surface area (Å²) in [6.45, 7) is 0. The fraction of sp³-hybridized carbons (Fsp3) is 0.143. The number of halogens is 2. The van der Waals surface area contributed by atoms with Gasteiger partial charge in [0, 0.05) is 9.94 Å². The Labute approximate surface area is 89.6 Å². The minimum absolute atomic E-state index is 0.201. The molecule has 3 nitrogen and oxygen atoms in total. The third kappa shape index (κ3) is 2.17. The van der Waals surface area contributed by atoms with Crippen LogP contribution in [0.3, 0.4) is 0 Å². The molecule has 1 aromatic rings. The molecular formula is C7H7BBrClO3. The van der Waals surface area contributed by atoms with Gasteiger partial charge in [0.05, 0.1) is 12.1 Å². The van der Waals surface area contributed by atoms with Gasteiger partial charge in [-0.15, -0.1) is 0 Å². The van der Waals surface area contributed by atoms with Crippen LogP contribution < -0.4 is 10.2 Å². The van der Waals surface area contributed by atoms with Crippen LogP contribution >= 0.6 is 27.5 Å². The highest BCUT2D eigenvalue weighted by atomic mass is 79.9. The SMILES string of the molecule is COc1ccc(Br)c(B(O)O)c1Cl. The van der Waals surface area contributed by atoms with Crippen LogP contribution in [0.4, 0.5) is 0 Å². The number of ether oxygens (including phenoxy) is 1. The molecule has 0 saturated heterocycles. The van der Waals surface area contributed by atoms with Crippen LogP contribution in [0.5, 0.6) is 5.75 Å².